The molecule has 1 aromatic carbocycles. The lowest BCUT2D eigenvalue weighted by molar-refractivity contribution is 0.112. The lowest BCUT2D eigenvalue weighted by atomic mass is 9.86. The van der Waals surface area contributed by atoms with Crippen LogP contribution in [0.3, 0.4) is 0 Å². The summed E-state index contributed by atoms with van der Waals surface area (Å²) in [6.07, 6.45) is 2.31. The Morgan fingerprint density at radius 1 is 1.10 bits per heavy atom. The molecule has 0 unspecified atom stereocenters. The second-order valence-electron chi connectivity index (χ2n) is 6.34. The highest BCUT2D eigenvalue weighted by Gasteiger charge is 2.15. The maximum atomic E-state index is 10.7. The molecule has 0 N–H and O–H groups in total. The van der Waals surface area contributed by atoms with E-state index < -0.39 is 0 Å². The predicted octanol–water partition coefficient (Wildman–Crippen LogP) is 4.60. The van der Waals surface area contributed by atoms with Crippen LogP contribution >= 0.6 is 0 Å². The Morgan fingerprint density at radius 3 is 2.33 bits per heavy atom. The number of hydrogen-bond donors (Lipinski definition) is 0. The van der Waals surface area contributed by atoms with Gasteiger partial charge in [-0.15, -0.1) is 0 Å². The van der Waals surface area contributed by atoms with Crippen molar-refractivity contribution >= 4 is 6.29 Å². The largest absolute Gasteiger partial charge is 0.438 e. The molecule has 0 aliphatic rings. The van der Waals surface area contributed by atoms with Gasteiger partial charge in [-0.25, -0.2) is 4.98 Å². The van der Waals surface area contributed by atoms with E-state index >= 15 is 0 Å². The summed E-state index contributed by atoms with van der Waals surface area (Å²) >= 11 is 0. The third-order valence-corrected chi connectivity index (χ3v) is 3.44. The van der Waals surface area contributed by atoms with Gasteiger partial charge in [0.15, 0.2) is 6.29 Å². The molecule has 0 radical (unpaired) electrons. The van der Waals surface area contributed by atoms with Crippen LogP contribution in [0.5, 0.6) is 11.6 Å². The van der Waals surface area contributed by atoms with E-state index in [2.05, 4.69) is 37.9 Å². The molecule has 110 valence electrons. The Balaban J connectivity index is 2.30. The molecule has 21 heavy (non-hydrogen) atoms. The van der Waals surface area contributed by atoms with Crippen molar-refractivity contribution in [2.24, 2.45) is 0 Å². The monoisotopic (exact) mass is 283 g/mol. The highest BCUT2D eigenvalue weighted by Crippen LogP contribution is 2.30. The fraction of sp³-hybridized carbons (Fsp3) is 0.333. The van der Waals surface area contributed by atoms with Gasteiger partial charge in [-0.05, 0) is 42.5 Å². The number of carbonyl (C=O) groups excluding carboxylic acids is 1. The molecule has 0 aliphatic heterocycles. The number of pyridine rings is 1. The quantitative estimate of drug-likeness (QED) is 0.773. The Labute approximate surface area is 126 Å². The highest BCUT2D eigenvalue weighted by atomic mass is 16.5. The van der Waals surface area contributed by atoms with Gasteiger partial charge in [0, 0.05) is 17.3 Å². The first kappa shape index (κ1) is 15.2. The van der Waals surface area contributed by atoms with Gasteiger partial charge in [-0.3, -0.25) is 4.79 Å². The number of aryl methyl sites for hydroxylation is 2. The molecule has 0 spiro atoms. The smallest absolute Gasteiger partial charge is 0.222 e. The summed E-state index contributed by atoms with van der Waals surface area (Å²) in [5.41, 5.74) is 3.86. The molecule has 0 aliphatic carbocycles. The van der Waals surface area contributed by atoms with Crippen molar-refractivity contribution < 1.29 is 9.53 Å². The second kappa shape index (κ2) is 5.68. The molecule has 0 atom stereocenters. The summed E-state index contributed by atoms with van der Waals surface area (Å²) in [5.74, 6) is 1.32. The van der Waals surface area contributed by atoms with Gasteiger partial charge in [-0.1, -0.05) is 32.9 Å². The number of aldehydes is 1. The molecule has 3 nitrogen and oxygen atoms in total. The van der Waals surface area contributed by atoms with Crippen LogP contribution in [0.2, 0.25) is 0 Å². The van der Waals surface area contributed by atoms with E-state index in [4.69, 9.17) is 4.74 Å². The minimum absolute atomic E-state index is 0.114. The topological polar surface area (TPSA) is 39.2 Å². The molecule has 0 fully saturated rings. The zero-order valence-electron chi connectivity index (χ0n) is 13.2. The van der Waals surface area contributed by atoms with Crippen LogP contribution in [-0.4, -0.2) is 11.3 Å². The summed E-state index contributed by atoms with van der Waals surface area (Å²) in [6.45, 7) is 10.5. The third kappa shape index (κ3) is 3.48. The minimum atomic E-state index is 0.114. The summed E-state index contributed by atoms with van der Waals surface area (Å²) in [7, 11) is 0. The lowest BCUT2D eigenvalue weighted by Crippen LogP contribution is -2.11. The van der Waals surface area contributed by atoms with Gasteiger partial charge < -0.3 is 4.74 Å². The van der Waals surface area contributed by atoms with Crippen LogP contribution < -0.4 is 4.74 Å². The van der Waals surface area contributed by atoms with Crippen molar-refractivity contribution in [3.8, 4) is 11.6 Å². The van der Waals surface area contributed by atoms with Crippen molar-refractivity contribution in [2.45, 2.75) is 40.0 Å². The van der Waals surface area contributed by atoms with E-state index in [-0.39, 0.29) is 5.41 Å². The Kier molecular flexibility index (Phi) is 4.12. The Hall–Kier alpha value is -2.16. The number of hydrogen-bond acceptors (Lipinski definition) is 3. The maximum absolute atomic E-state index is 10.7. The lowest BCUT2D eigenvalue weighted by Gasteiger charge is -2.20. The van der Waals surface area contributed by atoms with Crippen LogP contribution in [0, 0.1) is 13.8 Å². The van der Waals surface area contributed by atoms with E-state index in [0.717, 1.165) is 23.2 Å². The van der Waals surface area contributed by atoms with Crippen LogP contribution in [0.25, 0.3) is 0 Å². The highest BCUT2D eigenvalue weighted by molar-refractivity contribution is 5.74. The van der Waals surface area contributed by atoms with Gasteiger partial charge in [0.25, 0.3) is 0 Å². The normalized spacial score (nSPS) is 11.3. The molecule has 0 amide bonds. The summed E-state index contributed by atoms with van der Waals surface area (Å²) in [4.78, 5) is 14.9. The average Bonchev–Trinajstić information content (AvgIpc) is 2.41. The third-order valence-electron chi connectivity index (χ3n) is 3.44. The molecule has 3 heteroatoms. The first-order valence-corrected chi connectivity index (χ1v) is 7.02. The van der Waals surface area contributed by atoms with Crippen molar-refractivity contribution in [2.75, 3.05) is 0 Å². The van der Waals surface area contributed by atoms with E-state index in [9.17, 15) is 4.79 Å². The van der Waals surface area contributed by atoms with Gasteiger partial charge in [0.05, 0.1) is 0 Å². The van der Waals surface area contributed by atoms with Crippen molar-refractivity contribution in [3.63, 3.8) is 0 Å². The van der Waals surface area contributed by atoms with E-state index in [1.54, 1.807) is 6.07 Å². The fourth-order valence-electron chi connectivity index (χ4n) is 2.09. The van der Waals surface area contributed by atoms with Gasteiger partial charge in [0.2, 0.25) is 5.88 Å². The number of nitrogens with zero attached hydrogens (tertiary/aromatic N) is 1. The van der Waals surface area contributed by atoms with E-state index in [1.807, 2.05) is 19.9 Å². The van der Waals surface area contributed by atoms with Crippen molar-refractivity contribution in [1.82, 2.24) is 4.98 Å². The Bertz CT molecular complexity index is 669. The van der Waals surface area contributed by atoms with Gasteiger partial charge >= 0.3 is 0 Å². The molecule has 2 aromatic rings. The zero-order valence-corrected chi connectivity index (χ0v) is 13.2. The zero-order chi connectivity index (χ0) is 15.6. The summed E-state index contributed by atoms with van der Waals surface area (Å²) in [5, 5.41) is 0. The van der Waals surface area contributed by atoms with Crippen molar-refractivity contribution in [1.29, 1.82) is 0 Å². The van der Waals surface area contributed by atoms with Crippen LogP contribution in [0.4, 0.5) is 0 Å². The van der Waals surface area contributed by atoms with Crippen LogP contribution in [0.15, 0.2) is 30.5 Å². The first-order chi connectivity index (χ1) is 9.81. The van der Waals surface area contributed by atoms with Crippen LogP contribution in [-0.2, 0) is 5.41 Å². The van der Waals surface area contributed by atoms with Gasteiger partial charge in [0.1, 0.15) is 5.75 Å². The molecule has 1 aromatic heterocycles. The summed E-state index contributed by atoms with van der Waals surface area (Å²) in [6, 6.07) is 7.97. The maximum Gasteiger partial charge on any atom is 0.222 e. The second-order valence-corrected chi connectivity index (χ2v) is 6.34. The number of aromatic nitrogens is 1. The molecule has 0 saturated carbocycles. The number of benzene rings is 1. The van der Waals surface area contributed by atoms with E-state index in [1.165, 1.54) is 11.8 Å². The molecule has 0 saturated heterocycles. The Morgan fingerprint density at radius 2 is 1.81 bits per heavy atom. The minimum Gasteiger partial charge on any atom is -0.438 e. The number of carbonyl (C=O) groups is 1. The first-order valence-electron chi connectivity index (χ1n) is 7.02. The SMILES string of the molecule is Cc1cc(C(C)(C)C)ccc1Oc1ncc(C=O)cc1C. The standard InChI is InChI=1S/C18H21NO2/c1-12-9-15(18(3,4)5)6-7-16(12)21-17-13(2)8-14(11-20)10-19-17/h6-11H,1-5H3. The molecule has 1 heterocycles. The number of rotatable bonds is 3. The molecule has 0 bridgehead atoms. The molecule has 2 rings (SSSR count). The van der Waals surface area contributed by atoms with E-state index in [0.29, 0.717) is 11.4 Å². The predicted molar refractivity (Wildman–Crippen MR) is 84.3 cm³/mol. The molecular weight excluding hydrogens is 262 g/mol. The summed E-state index contributed by atoms with van der Waals surface area (Å²) < 4.78 is 5.88. The number of ether oxygens (including phenoxy) is 1. The van der Waals surface area contributed by atoms with Crippen molar-refractivity contribution in [3.05, 3.63) is 52.7 Å². The average molecular weight is 283 g/mol. The van der Waals surface area contributed by atoms with Crippen LogP contribution in [0.1, 0.15) is 47.8 Å². The van der Waals surface area contributed by atoms with Gasteiger partial charge in [-0.2, -0.15) is 0 Å². The fourth-order valence-corrected chi connectivity index (χ4v) is 2.09. The molecular formula is C18H21NO2.